The van der Waals surface area contributed by atoms with E-state index in [0.717, 1.165) is 20.3 Å². The third-order valence-corrected chi connectivity index (χ3v) is 5.07. The Morgan fingerprint density at radius 1 is 0.815 bits per heavy atom. The maximum atomic E-state index is 9.40. The molecule has 0 aliphatic carbocycles. The Labute approximate surface area is 176 Å². The lowest BCUT2D eigenvalue weighted by molar-refractivity contribution is 0.0956. The van der Waals surface area contributed by atoms with Gasteiger partial charge in [-0.15, -0.1) is 5.54 Å². The zero-order valence-corrected chi connectivity index (χ0v) is 19.0. The molecule has 0 bridgehead atoms. The van der Waals surface area contributed by atoms with Gasteiger partial charge in [0.2, 0.25) is 0 Å². The van der Waals surface area contributed by atoms with E-state index < -0.39 is 20.3 Å². The largest absolute Gasteiger partial charge is 0.393 e. The van der Waals surface area contributed by atoms with Crippen molar-refractivity contribution in [1.29, 1.82) is 0 Å². The first-order valence-corrected chi connectivity index (χ1v) is 13.2. The van der Waals surface area contributed by atoms with Gasteiger partial charge < -0.3 is 20.4 Å². The quantitative estimate of drug-likeness (QED) is 0.297. The summed E-state index contributed by atoms with van der Waals surface area (Å²) in [5.41, 5.74) is 5.71. The van der Waals surface area contributed by atoms with Crippen LogP contribution in [0, 0.1) is 15.0 Å². The lowest BCUT2D eigenvalue weighted by Gasteiger charge is -2.07. The van der Waals surface area contributed by atoms with Crippen molar-refractivity contribution < 1.29 is 20.4 Å². The molecule has 146 valence electrons. The van der Waals surface area contributed by atoms with Gasteiger partial charge in [0.15, 0.2) is 0 Å². The first kappa shape index (κ1) is 23.8. The van der Waals surface area contributed by atoms with Crippen molar-refractivity contribution in [3.8, 4) is 11.5 Å². The molecule has 6 heteroatoms. The van der Waals surface area contributed by atoms with Crippen LogP contribution in [0.3, 0.4) is 0 Å². The van der Waals surface area contributed by atoms with Crippen LogP contribution in [0.2, 0.25) is 19.6 Å². The van der Waals surface area contributed by atoms with Crippen LogP contribution in [-0.2, 0) is 0 Å². The third-order valence-electron chi connectivity index (χ3n) is 3.48. The molecule has 0 unspecified atom stereocenters. The molecule has 2 rings (SSSR count). The molecular formula is C21H27IO4Si. The van der Waals surface area contributed by atoms with E-state index in [1.54, 1.807) is 12.1 Å². The van der Waals surface area contributed by atoms with Gasteiger partial charge in [-0.3, -0.25) is 0 Å². The summed E-state index contributed by atoms with van der Waals surface area (Å²) >= 11 is 2.19. The molecule has 0 aliphatic heterocycles. The minimum Gasteiger partial charge on any atom is -0.393 e. The van der Waals surface area contributed by atoms with Crippen molar-refractivity contribution >= 4 is 30.7 Å². The predicted octanol–water partition coefficient (Wildman–Crippen LogP) is 3.26. The molecule has 0 aromatic heterocycles. The van der Waals surface area contributed by atoms with Gasteiger partial charge in [0.25, 0.3) is 0 Å². The van der Waals surface area contributed by atoms with Gasteiger partial charge in [0.1, 0.15) is 20.3 Å². The molecule has 0 spiro atoms. The number of hydrogen-bond acceptors (Lipinski definition) is 4. The standard InChI is InChI=1S/C13H18O2Si.C8H9IO2/c1-16(2,3)9-8-11-4-6-12(7-5-11)13(15)10-14;9-7-3-1-6(2-4-7)8(11)5-10/h4-7,13-15H,10H2,1-3H3;1-4,8,10-11H,5H2/t13-;8-/m11/s1. The minimum absolute atomic E-state index is 0.222. The Morgan fingerprint density at radius 3 is 1.59 bits per heavy atom. The van der Waals surface area contributed by atoms with Crippen LogP contribution in [-0.4, -0.2) is 41.7 Å². The van der Waals surface area contributed by atoms with Crippen molar-refractivity contribution in [2.24, 2.45) is 0 Å². The van der Waals surface area contributed by atoms with Crippen LogP contribution < -0.4 is 0 Å². The molecule has 27 heavy (non-hydrogen) atoms. The zero-order valence-electron chi connectivity index (χ0n) is 15.9. The summed E-state index contributed by atoms with van der Waals surface area (Å²) in [6.45, 7) is 6.12. The average molecular weight is 498 g/mol. The molecule has 0 radical (unpaired) electrons. The summed E-state index contributed by atoms with van der Waals surface area (Å²) in [6.07, 6.45) is -1.54. The number of aliphatic hydroxyl groups excluding tert-OH is 4. The highest BCUT2D eigenvalue weighted by molar-refractivity contribution is 14.1. The third kappa shape index (κ3) is 9.51. The molecule has 4 nitrogen and oxygen atoms in total. The van der Waals surface area contributed by atoms with Gasteiger partial charge in [-0.2, -0.15) is 0 Å². The lowest BCUT2D eigenvalue weighted by Crippen LogP contribution is -2.16. The molecule has 0 fully saturated rings. The SMILES string of the molecule is C[Si](C)(C)C#Cc1ccc([C@H](O)CO)cc1.OC[C@@H](O)c1ccc(I)cc1. The van der Waals surface area contributed by atoms with E-state index in [1.165, 1.54) is 0 Å². The van der Waals surface area contributed by atoms with Crippen molar-refractivity contribution in [2.45, 2.75) is 31.8 Å². The number of aliphatic hydroxyl groups is 4. The number of rotatable bonds is 4. The highest BCUT2D eigenvalue weighted by Gasteiger charge is 2.08. The zero-order chi connectivity index (χ0) is 20.4. The summed E-state index contributed by atoms with van der Waals surface area (Å²) in [6, 6.07) is 14.8. The fourth-order valence-corrected chi connectivity index (χ4v) is 2.82. The van der Waals surface area contributed by atoms with Crippen LogP contribution in [0.4, 0.5) is 0 Å². The molecular weight excluding hydrogens is 471 g/mol. The molecule has 0 heterocycles. The predicted molar refractivity (Wildman–Crippen MR) is 120 cm³/mol. The van der Waals surface area contributed by atoms with E-state index in [1.807, 2.05) is 36.4 Å². The second-order valence-corrected chi connectivity index (χ2v) is 13.1. The summed E-state index contributed by atoms with van der Waals surface area (Å²) in [5.74, 6) is 3.14. The number of halogens is 1. The van der Waals surface area contributed by atoms with Gasteiger partial charge in [-0.25, -0.2) is 0 Å². The first-order valence-electron chi connectivity index (χ1n) is 8.62. The van der Waals surface area contributed by atoms with Gasteiger partial charge >= 0.3 is 0 Å². The maximum Gasteiger partial charge on any atom is 0.129 e. The highest BCUT2D eigenvalue weighted by atomic mass is 127. The molecule has 2 atom stereocenters. The van der Waals surface area contributed by atoms with E-state index in [9.17, 15) is 5.11 Å². The Kier molecular flexibility index (Phi) is 10.2. The number of benzene rings is 2. The average Bonchev–Trinajstić information content (AvgIpc) is 2.66. The topological polar surface area (TPSA) is 80.9 Å². The molecule has 2 aromatic rings. The first-order chi connectivity index (χ1) is 12.7. The molecule has 0 saturated carbocycles. The fourth-order valence-electron chi connectivity index (χ4n) is 1.94. The molecule has 0 amide bonds. The van der Waals surface area contributed by atoms with Crippen molar-refractivity contribution in [3.05, 3.63) is 68.8 Å². The minimum atomic E-state index is -1.33. The van der Waals surface area contributed by atoms with E-state index in [0.29, 0.717) is 0 Å². The van der Waals surface area contributed by atoms with E-state index in [4.69, 9.17) is 15.3 Å². The fraction of sp³-hybridized carbons (Fsp3) is 0.333. The van der Waals surface area contributed by atoms with E-state index >= 15 is 0 Å². The molecule has 4 N–H and O–H groups in total. The number of hydrogen-bond donors (Lipinski definition) is 4. The summed E-state index contributed by atoms with van der Waals surface area (Å²) in [5, 5.41) is 36.0. The summed E-state index contributed by atoms with van der Waals surface area (Å²) in [4.78, 5) is 0. The molecule has 2 aromatic carbocycles. The van der Waals surface area contributed by atoms with Crippen molar-refractivity contribution in [3.63, 3.8) is 0 Å². The van der Waals surface area contributed by atoms with Crippen LogP contribution in [0.25, 0.3) is 0 Å². The van der Waals surface area contributed by atoms with Crippen LogP contribution in [0.5, 0.6) is 0 Å². The van der Waals surface area contributed by atoms with Gasteiger partial charge in [-0.05, 0) is 58.0 Å². The van der Waals surface area contributed by atoms with Crippen molar-refractivity contribution in [2.75, 3.05) is 13.2 Å². The second-order valence-electron chi connectivity index (χ2n) is 7.07. The van der Waals surface area contributed by atoms with Crippen LogP contribution in [0.15, 0.2) is 48.5 Å². The summed E-state index contributed by atoms with van der Waals surface area (Å²) in [7, 11) is -1.33. The monoisotopic (exact) mass is 498 g/mol. The van der Waals surface area contributed by atoms with Crippen molar-refractivity contribution in [1.82, 2.24) is 0 Å². The Bertz CT molecular complexity index is 743. The van der Waals surface area contributed by atoms with Gasteiger partial charge in [0.05, 0.1) is 13.2 Å². The normalized spacial score (nSPS) is 12.9. The maximum absolute atomic E-state index is 9.40. The summed E-state index contributed by atoms with van der Waals surface area (Å²) < 4.78 is 1.12. The van der Waals surface area contributed by atoms with Crippen LogP contribution in [0.1, 0.15) is 28.9 Å². The van der Waals surface area contributed by atoms with E-state index in [-0.39, 0.29) is 13.2 Å². The highest BCUT2D eigenvalue weighted by Crippen LogP contribution is 2.14. The van der Waals surface area contributed by atoms with Gasteiger partial charge in [0, 0.05) is 9.13 Å². The lowest BCUT2D eigenvalue weighted by atomic mass is 10.1. The van der Waals surface area contributed by atoms with E-state index in [2.05, 4.69) is 53.7 Å². The van der Waals surface area contributed by atoms with Gasteiger partial charge in [-0.1, -0.05) is 49.8 Å². The molecule has 0 saturated heterocycles. The Balaban J connectivity index is 0.000000289. The smallest absolute Gasteiger partial charge is 0.129 e. The molecule has 0 aliphatic rings. The Hall–Kier alpha value is -1.21. The Morgan fingerprint density at radius 2 is 1.22 bits per heavy atom. The second kappa shape index (κ2) is 11.6. The van der Waals surface area contributed by atoms with Crippen LogP contribution >= 0.6 is 22.6 Å².